The average molecular weight is 498 g/mol. The zero-order chi connectivity index (χ0) is 23.3. The van der Waals surface area contributed by atoms with Gasteiger partial charge in [0.25, 0.3) is 5.91 Å². The summed E-state index contributed by atoms with van der Waals surface area (Å²) in [6.07, 6.45) is 5.14. The third-order valence-corrected chi connectivity index (χ3v) is 6.99. The van der Waals surface area contributed by atoms with Crippen LogP contribution in [0.25, 0.3) is 0 Å². The molecule has 1 aromatic heterocycles. The second-order valence-electron chi connectivity index (χ2n) is 8.52. The van der Waals surface area contributed by atoms with Gasteiger partial charge in [-0.15, -0.1) is 10.2 Å². The van der Waals surface area contributed by atoms with E-state index < -0.39 is 0 Å². The van der Waals surface area contributed by atoms with Gasteiger partial charge >= 0.3 is 0 Å². The molecule has 1 saturated carbocycles. The minimum Gasteiger partial charge on any atom is -0.353 e. The maximum Gasteiger partial charge on any atom is 0.253 e. The number of carbonyl (C=O) groups is 2. The van der Waals surface area contributed by atoms with E-state index >= 15 is 0 Å². The predicted molar refractivity (Wildman–Crippen MR) is 128 cm³/mol. The van der Waals surface area contributed by atoms with Crippen LogP contribution in [-0.2, 0) is 11.8 Å². The standard InChI is InChI=1S/C22H29Cl2N5O2S/c1-13(2)10-18(26-21(31)16-9-8-14(23)11-17(16)24)20-27-28-22(29(20)3)32-12-19(30)25-15-6-4-5-7-15/h8-9,11,13,15,18H,4-7,10,12H2,1-3H3,(H,25,30)(H,26,31). The number of nitrogens with zero attached hydrogens (tertiary/aromatic N) is 3. The fraction of sp³-hybridized carbons (Fsp3) is 0.545. The number of benzene rings is 1. The summed E-state index contributed by atoms with van der Waals surface area (Å²) in [5.74, 6) is 0.937. The monoisotopic (exact) mass is 497 g/mol. The van der Waals surface area contributed by atoms with Crippen molar-refractivity contribution in [2.45, 2.75) is 63.2 Å². The predicted octanol–water partition coefficient (Wildman–Crippen LogP) is 4.79. The molecule has 10 heteroatoms. The maximum atomic E-state index is 12.9. The Labute approximate surface area is 203 Å². The van der Waals surface area contributed by atoms with Crippen molar-refractivity contribution in [1.29, 1.82) is 0 Å². The van der Waals surface area contributed by atoms with Crippen LogP contribution in [0.2, 0.25) is 10.0 Å². The molecular formula is C22H29Cl2N5O2S. The summed E-state index contributed by atoms with van der Waals surface area (Å²) in [6, 6.07) is 4.72. The van der Waals surface area contributed by atoms with E-state index in [9.17, 15) is 9.59 Å². The molecule has 1 aliphatic carbocycles. The number of nitrogens with one attached hydrogen (secondary N) is 2. The van der Waals surface area contributed by atoms with E-state index in [2.05, 4.69) is 34.7 Å². The lowest BCUT2D eigenvalue weighted by atomic mass is 10.0. The molecule has 2 aromatic rings. The Morgan fingerprint density at radius 1 is 1.22 bits per heavy atom. The van der Waals surface area contributed by atoms with E-state index in [1.807, 2.05) is 11.6 Å². The van der Waals surface area contributed by atoms with Crippen molar-refractivity contribution >= 4 is 46.8 Å². The average Bonchev–Trinajstić information content (AvgIpc) is 3.35. The largest absolute Gasteiger partial charge is 0.353 e. The number of hydrogen-bond acceptors (Lipinski definition) is 5. The Kier molecular flexibility index (Phi) is 8.85. The number of thioether (sulfide) groups is 1. The first-order valence-corrected chi connectivity index (χ1v) is 12.6. The quantitative estimate of drug-likeness (QED) is 0.486. The molecule has 1 aliphatic rings. The molecule has 32 heavy (non-hydrogen) atoms. The molecule has 0 spiro atoms. The van der Waals surface area contributed by atoms with Crippen LogP contribution in [0.15, 0.2) is 23.4 Å². The van der Waals surface area contributed by atoms with Crippen molar-refractivity contribution in [2.75, 3.05) is 5.75 Å². The first-order chi connectivity index (χ1) is 15.2. The van der Waals surface area contributed by atoms with E-state index in [-0.39, 0.29) is 23.6 Å². The van der Waals surface area contributed by atoms with Gasteiger partial charge in [0.2, 0.25) is 5.91 Å². The van der Waals surface area contributed by atoms with Gasteiger partial charge in [-0.25, -0.2) is 0 Å². The minimum atomic E-state index is -0.353. The van der Waals surface area contributed by atoms with E-state index in [0.717, 1.165) is 12.8 Å². The molecule has 0 saturated heterocycles. The van der Waals surface area contributed by atoms with Crippen LogP contribution in [0.3, 0.4) is 0 Å². The number of aromatic nitrogens is 3. The number of rotatable bonds is 9. The first kappa shape index (κ1) is 24.9. The number of amides is 2. The molecule has 1 unspecified atom stereocenters. The van der Waals surface area contributed by atoms with Gasteiger partial charge in [0.1, 0.15) is 0 Å². The fourth-order valence-corrected chi connectivity index (χ4v) is 5.06. The first-order valence-electron chi connectivity index (χ1n) is 10.8. The highest BCUT2D eigenvalue weighted by Crippen LogP contribution is 2.26. The molecule has 1 atom stereocenters. The van der Waals surface area contributed by atoms with E-state index in [1.54, 1.807) is 18.2 Å². The molecule has 2 amide bonds. The van der Waals surface area contributed by atoms with E-state index in [4.69, 9.17) is 23.2 Å². The maximum absolute atomic E-state index is 12.9. The van der Waals surface area contributed by atoms with E-state index in [0.29, 0.717) is 45.0 Å². The molecule has 1 fully saturated rings. The van der Waals surface area contributed by atoms with Crippen LogP contribution in [0.4, 0.5) is 0 Å². The van der Waals surface area contributed by atoms with Crippen LogP contribution in [0.5, 0.6) is 0 Å². The van der Waals surface area contributed by atoms with Gasteiger partial charge in [0, 0.05) is 18.1 Å². The van der Waals surface area contributed by atoms with E-state index in [1.165, 1.54) is 24.6 Å². The topological polar surface area (TPSA) is 88.9 Å². The van der Waals surface area contributed by atoms with Gasteiger partial charge in [-0.05, 0) is 43.4 Å². The Morgan fingerprint density at radius 2 is 1.94 bits per heavy atom. The summed E-state index contributed by atoms with van der Waals surface area (Å²) in [5, 5.41) is 16.1. The third-order valence-electron chi connectivity index (χ3n) is 5.42. The van der Waals surface area contributed by atoms with Crippen molar-refractivity contribution in [3.63, 3.8) is 0 Å². The zero-order valence-electron chi connectivity index (χ0n) is 18.5. The van der Waals surface area contributed by atoms with Crippen molar-refractivity contribution in [2.24, 2.45) is 13.0 Å². The van der Waals surface area contributed by atoms with Crippen LogP contribution in [-0.4, -0.2) is 38.4 Å². The Balaban J connectivity index is 1.68. The molecule has 174 valence electrons. The van der Waals surface area contributed by atoms with Gasteiger partial charge in [-0.2, -0.15) is 0 Å². The number of carbonyl (C=O) groups excluding carboxylic acids is 2. The van der Waals surface area contributed by atoms with Crippen LogP contribution in [0.1, 0.15) is 68.2 Å². The second kappa shape index (κ2) is 11.4. The van der Waals surface area contributed by atoms with Crippen molar-refractivity contribution in [3.8, 4) is 0 Å². The summed E-state index contributed by atoms with van der Waals surface area (Å²) >= 11 is 13.5. The number of hydrogen-bond donors (Lipinski definition) is 2. The zero-order valence-corrected chi connectivity index (χ0v) is 20.9. The minimum absolute atomic E-state index is 0.0101. The highest BCUT2D eigenvalue weighted by Gasteiger charge is 2.25. The Morgan fingerprint density at radius 3 is 2.59 bits per heavy atom. The Hall–Kier alpha value is -1.77. The normalized spacial score (nSPS) is 15.2. The Bertz CT molecular complexity index is 960. The molecular weight excluding hydrogens is 469 g/mol. The van der Waals surface area contributed by atoms with Gasteiger partial charge in [0.05, 0.1) is 22.4 Å². The van der Waals surface area contributed by atoms with Gasteiger partial charge in [-0.3, -0.25) is 9.59 Å². The SMILES string of the molecule is CC(C)CC(NC(=O)c1ccc(Cl)cc1Cl)c1nnc(SCC(=O)NC2CCCC2)n1C. The molecule has 0 bridgehead atoms. The summed E-state index contributed by atoms with van der Waals surface area (Å²) < 4.78 is 1.84. The molecule has 7 nitrogen and oxygen atoms in total. The molecule has 3 rings (SSSR count). The van der Waals surface area contributed by atoms with Crippen molar-refractivity contribution in [3.05, 3.63) is 39.6 Å². The summed E-state index contributed by atoms with van der Waals surface area (Å²) in [6.45, 7) is 4.15. The van der Waals surface area contributed by atoms with Crippen molar-refractivity contribution < 1.29 is 9.59 Å². The highest BCUT2D eigenvalue weighted by molar-refractivity contribution is 7.99. The van der Waals surface area contributed by atoms with Gasteiger partial charge in [0.15, 0.2) is 11.0 Å². The summed E-state index contributed by atoms with van der Waals surface area (Å²) in [4.78, 5) is 25.1. The third kappa shape index (κ3) is 6.62. The molecule has 1 heterocycles. The highest BCUT2D eigenvalue weighted by atomic mass is 35.5. The number of halogens is 2. The van der Waals surface area contributed by atoms with Crippen LogP contribution < -0.4 is 10.6 Å². The van der Waals surface area contributed by atoms with Crippen LogP contribution in [0, 0.1) is 5.92 Å². The smallest absolute Gasteiger partial charge is 0.253 e. The lowest BCUT2D eigenvalue weighted by Crippen LogP contribution is -2.34. The van der Waals surface area contributed by atoms with Crippen LogP contribution >= 0.6 is 35.0 Å². The molecule has 2 N–H and O–H groups in total. The van der Waals surface area contributed by atoms with Gasteiger partial charge in [-0.1, -0.05) is 61.7 Å². The second-order valence-corrected chi connectivity index (χ2v) is 10.3. The molecule has 0 radical (unpaired) electrons. The fourth-order valence-electron chi connectivity index (χ4n) is 3.83. The summed E-state index contributed by atoms with van der Waals surface area (Å²) in [5.41, 5.74) is 0.352. The van der Waals surface area contributed by atoms with Crippen molar-refractivity contribution in [1.82, 2.24) is 25.4 Å². The summed E-state index contributed by atoms with van der Waals surface area (Å²) in [7, 11) is 1.85. The lowest BCUT2D eigenvalue weighted by Gasteiger charge is -2.20. The lowest BCUT2D eigenvalue weighted by molar-refractivity contribution is -0.119. The van der Waals surface area contributed by atoms with Gasteiger partial charge < -0.3 is 15.2 Å². The molecule has 0 aliphatic heterocycles. The molecule has 1 aromatic carbocycles.